The Morgan fingerprint density at radius 1 is 1.28 bits per heavy atom. The lowest BCUT2D eigenvalue weighted by Crippen LogP contribution is -2.47. The molecule has 2 saturated heterocycles. The lowest BCUT2D eigenvalue weighted by atomic mass is 9.83. The third-order valence-corrected chi connectivity index (χ3v) is 3.88. The zero-order valence-corrected chi connectivity index (χ0v) is 11.9. The Hall–Kier alpha value is -0.770. The van der Waals surface area contributed by atoms with Crippen molar-refractivity contribution in [2.24, 2.45) is 11.8 Å². The Morgan fingerprint density at radius 2 is 2.06 bits per heavy atom. The minimum Gasteiger partial charge on any atom is -0.444 e. The normalized spacial score (nSPS) is 29.4. The molecular formula is C14H26N2O2. The molecule has 18 heavy (non-hydrogen) atoms. The highest BCUT2D eigenvalue weighted by Crippen LogP contribution is 2.29. The molecule has 4 heteroatoms. The molecule has 0 spiro atoms. The molecule has 2 rings (SSSR count). The molecule has 1 amide bonds. The number of fused-ring (bicyclic) bond motifs is 1. The van der Waals surface area contributed by atoms with Gasteiger partial charge in [0.1, 0.15) is 5.60 Å². The number of hydrogen-bond donors (Lipinski definition) is 1. The summed E-state index contributed by atoms with van der Waals surface area (Å²) in [6.07, 6.45) is 3.56. The standard InChI is InChI=1S/C14H26N2O2/c1-14(2,3)18-13(17)16-8-6-11-5-4-7-15-9-12(11)10-16/h11-12,15H,4-10H2,1-3H3. The van der Waals surface area contributed by atoms with Crippen molar-refractivity contribution in [1.29, 1.82) is 0 Å². The predicted octanol–water partition coefficient (Wildman–Crippen LogP) is 2.24. The van der Waals surface area contributed by atoms with Crippen LogP contribution in [0.25, 0.3) is 0 Å². The van der Waals surface area contributed by atoms with Crippen LogP contribution in [0, 0.1) is 11.8 Å². The van der Waals surface area contributed by atoms with E-state index in [0.29, 0.717) is 5.92 Å². The van der Waals surface area contributed by atoms with Crippen LogP contribution in [0.5, 0.6) is 0 Å². The fourth-order valence-electron chi connectivity index (χ4n) is 2.96. The van der Waals surface area contributed by atoms with Crippen LogP contribution in [0.3, 0.4) is 0 Å². The molecule has 0 radical (unpaired) electrons. The Balaban J connectivity index is 1.91. The van der Waals surface area contributed by atoms with Crippen LogP contribution < -0.4 is 5.32 Å². The highest BCUT2D eigenvalue weighted by molar-refractivity contribution is 5.68. The first-order chi connectivity index (χ1) is 8.46. The second-order valence-corrected chi connectivity index (χ2v) is 6.58. The number of likely N-dealkylation sites (tertiary alicyclic amines) is 1. The van der Waals surface area contributed by atoms with E-state index < -0.39 is 5.60 Å². The number of nitrogens with one attached hydrogen (secondary N) is 1. The zero-order valence-electron chi connectivity index (χ0n) is 11.9. The molecule has 2 fully saturated rings. The predicted molar refractivity (Wildman–Crippen MR) is 71.5 cm³/mol. The monoisotopic (exact) mass is 254 g/mol. The molecule has 2 aliphatic heterocycles. The van der Waals surface area contributed by atoms with Gasteiger partial charge in [0.25, 0.3) is 0 Å². The molecule has 0 aromatic heterocycles. The maximum Gasteiger partial charge on any atom is 0.410 e. The lowest BCUT2D eigenvalue weighted by molar-refractivity contribution is 0.0106. The minimum atomic E-state index is -0.393. The van der Waals surface area contributed by atoms with Gasteiger partial charge in [0, 0.05) is 13.1 Å². The topological polar surface area (TPSA) is 41.6 Å². The van der Waals surface area contributed by atoms with Gasteiger partial charge in [-0.25, -0.2) is 4.79 Å². The molecule has 2 atom stereocenters. The molecule has 0 aromatic carbocycles. The third kappa shape index (κ3) is 3.61. The van der Waals surface area contributed by atoms with Crippen LogP contribution in [0.2, 0.25) is 0 Å². The molecule has 4 nitrogen and oxygen atoms in total. The number of rotatable bonds is 0. The van der Waals surface area contributed by atoms with Crippen LogP contribution in [0.1, 0.15) is 40.0 Å². The van der Waals surface area contributed by atoms with Crippen molar-refractivity contribution in [3.63, 3.8) is 0 Å². The largest absolute Gasteiger partial charge is 0.444 e. The smallest absolute Gasteiger partial charge is 0.410 e. The van der Waals surface area contributed by atoms with Crippen molar-refractivity contribution < 1.29 is 9.53 Å². The Kier molecular flexibility index (Phi) is 4.15. The molecule has 1 N–H and O–H groups in total. The van der Waals surface area contributed by atoms with Crippen molar-refractivity contribution in [3.05, 3.63) is 0 Å². The van der Waals surface area contributed by atoms with Gasteiger partial charge < -0.3 is 15.0 Å². The molecule has 2 unspecified atom stereocenters. The number of amides is 1. The van der Waals surface area contributed by atoms with Crippen molar-refractivity contribution in [1.82, 2.24) is 10.2 Å². The van der Waals surface area contributed by atoms with E-state index in [2.05, 4.69) is 5.32 Å². The summed E-state index contributed by atoms with van der Waals surface area (Å²) < 4.78 is 5.45. The number of hydrogen-bond acceptors (Lipinski definition) is 3. The van der Waals surface area contributed by atoms with Gasteiger partial charge in [0.05, 0.1) is 0 Å². The summed E-state index contributed by atoms with van der Waals surface area (Å²) in [5.41, 5.74) is -0.393. The Morgan fingerprint density at radius 3 is 2.78 bits per heavy atom. The number of nitrogens with zero attached hydrogens (tertiary/aromatic N) is 1. The zero-order chi connectivity index (χ0) is 13.2. The molecule has 0 bridgehead atoms. The van der Waals surface area contributed by atoms with Crippen LogP contribution >= 0.6 is 0 Å². The van der Waals surface area contributed by atoms with Gasteiger partial charge in [0.15, 0.2) is 0 Å². The SMILES string of the molecule is CC(C)(C)OC(=O)N1CCC2CCCNCC2C1. The maximum atomic E-state index is 12.1. The summed E-state index contributed by atoms with van der Waals surface area (Å²) in [6.45, 7) is 9.65. The fraction of sp³-hybridized carbons (Fsp3) is 0.929. The van der Waals surface area contributed by atoms with Gasteiger partial charge >= 0.3 is 6.09 Å². The first-order valence-corrected chi connectivity index (χ1v) is 7.14. The van der Waals surface area contributed by atoms with Crippen molar-refractivity contribution in [2.75, 3.05) is 26.2 Å². The number of piperidine rings is 1. The molecule has 0 saturated carbocycles. The van der Waals surface area contributed by atoms with Crippen molar-refractivity contribution in [3.8, 4) is 0 Å². The van der Waals surface area contributed by atoms with Crippen molar-refractivity contribution in [2.45, 2.75) is 45.6 Å². The van der Waals surface area contributed by atoms with Gasteiger partial charge in [-0.1, -0.05) is 0 Å². The summed E-state index contributed by atoms with van der Waals surface area (Å²) >= 11 is 0. The fourth-order valence-corrected chi connectivity index (χ4v) is 2.96. The summed E-state index contributed by atoms with van der Waals surface area (Å²) in [4.78, 5) is 13.9. The maximum absolute atomic E-state index is 12.1. The van der Waals surface area contributed by atoms with Gasteiger partial charge in [-0.2, -0.15) is 0 Å². The second-order valence-electron chi connectivity index (χ2n) is 6.58. The number of carbonyl (C=O) groups excluding carboxylic acids is 1. The number of ether oxygens (including phenoxy) is 1. The first kappa shape index (κ1) is 13.7. The molecular weight excluding hydrogens is 228 g/mol. The molecule has 2 aliphatic rings. The average molecular weight is 254 g/mol. The molecule has 0 aliphatic carbocycles. The van der Waals surface area contributed by atoms with Gasteiger partial charge in [-0.05, 0) is 65.0 Å². The van der Waals surface area contributed by atoms with Gasteiger partial charge in [0.2, 0.25) is 0 Å². The Labute approximate surface area is 110 Å². The van der Waals surface area contributed by atoms with E-state index in [1.807, 2.05) is 25.7 Å². The van der Waals surface area contributed by atoms with Crippen LogP contribution in [0.4, 0.5) is 4.79 Å². The van der Waals surface area contributed by atoms with Crippen LogP contribution in [0.15, 0.2) is 0 Å². The van der Waals surface area contributed by atoms with E-state index in [1.165, 1.54) is 12.8 Å². The van der Waals surface area contributed by atoms with Gasteiger partial charge in [-0.3, -0.25) is 0 Å². The summed E-state index contributed by atoms with van der Waals surface area (Å²) in [6, 6.07) is 0. The number of carbonyl (C=O) groups is 1. The second kappa shape index (κ2) is 5.47. The van der Waals surface area contributed by atoms with E-state index >= 15 is 0 Å². The highest BCUT2D eigenvalue weighted by atomic mass is 16.6. The molecule has 0 aromatic rings. The molecule has 2 heterocycles. The quantitative estimate of drug-likeness (QED) is 0.721. The average Bonchev–Trinajstić information content (AvgIpc) is 2.50. The summed E-state index contributed by atoms with van der Waals surface area (Å²) in [5.74, 6) is 1.40. The van der Waals surface area contributed by atoms with Crippen LogP contribution in [-0.4, -0.2) is 42.8 Å². The van der Waals surface area contributed by atoms with Crippen molar-refractivity contribution >= 4 is 6.09 Å². The van der Waals surface area contributed by atoms with E-state index in [9.17, 15) is 4.79 Å². The lowest BCUT2D eigenvalue weighted by Gasteiger charge is -2.38. The summed E-state index contributed by atoms with van der Waals surface area (Å²) in [5, 5.41) is 3.48. The minimum absolute atomic E-state index is 0.148. The van der Waals surface area contributed by atoms with E-state index in [4.69, 9.17) is 4.74 Å². The van der Waals surface area contributed by atoms with E-state index in [1.54, 1.807) is 0 Å². The van der Waals surface area contributed by atoms with E-state index in [0.717, 1.165) is 38.5 Å². The third-order valence-electron chi connectivity index (χ3n) is 3.88. The summed E-state index contributed by atoms with van der Waals surface area (Å²) in [7, 11) is 0. The highest BCUT2D eigenvalue weighted by Gasteiger charge is 2.33. The first-order valence-electron chi connectivity index (χ1n) is 7.14. The Bertz CT molecular complexity index is 299. The van der Waals surface area contributed by atoms with Crippen LogP contribution in [-0.2, 0) is 4.74 Å². The van der Waals surface area contributed by atoms with E-state index in [-0.39, 0.29) is 6.09 Å². The molecule has 104 valence electrons. The van der Waals surface area contributed by atoms with Gasteiger partial charge in [-0.15, -0.1) is 0 Å².